The fourth-order valence-corrected chi connectivity index (χ4v) is 2.06. The van der Waals surface area contributed by atoms with Gasteiger partial charge in [-0.15, -0.1) is 5.10 Å². The summed E-state index contributed by atoms with van der Waals surface area (Å²) in [6.07, 6.45) is 1.22. The average Bonchev–Trinajstić information content (AvgIpc) is 2.87. The third-order valence-corrected chi connectivity index (χ3v) is 3.10. The number of carboxylic acid groups (broad SMARTS) is 1. The molecule has 0 radical (unpaired) electrons. The van der Waals surface area contributed by atoms with Gasteiger partial charge >= 0.3 is 5.97 Å². The number of rotatable bonds is 5. The van der Waals surface area contributed by atoms with Crippen LogP contribution in [0.2, 0.25) is 0 Å². The van der Waals surface area contributed by atoms with Gasteiger partial charge in [-0.2, -0.15) is 0 Å². The molecule has 0 spiro atoms. The lowest BCUT2D eigenvalue weighted by Crippen LogP contribution is -2.30. The molecule has 21 heavy (non-hydrogen) atoms. The van der Waals surface area contributed by atoms with Crippen LogP contribution in [0.25, 0.3) is 0 Å². The first-order valence-corrected chi connectivity index (χ1v) is 6.45. The van der Waals surface area contributed by atoms with Crippen LogP contribution < -0.4 is 5.32 Å². The molecule has 1 aromatic carbocycles. The molecule has 1 atom stereocenters. The molecule has 1 unspecified atom stereocenters. The molecule has 1 amide bonds. The Labute approximate surface area is 121 Å². The first-order chi connectivity index (χ1) is 9.97. The van der Waals surface area contributed by atoms with E-state index in [1.807, 2.05) is 38.1 Å². The molecule has 0 fully saturated rings. The molecule has 0 bridgehead atoms. The van der Waals surface area contributed by atoms with E-state index in [0.717, 1.165) is 11.1 Å². The lowest BCUT2D eigenvalue weighted by molar-refractivity contribution is -0.122. The fraction of sp³-hybridized carbons (Fsp3) is 0.286. The van der Waals surface area contributed by atoms with Crippen LogP contribution in [0.5, 0.6) is 0 Å². The van der Waals surface area contributed by atoms with Gasteiger partial charge < -0.3 is 10.4 Å². The molecule has 7 heteroatoms. The van der Waals surface area contributed by atoms with E-state index in [2.05, 4.69) is 15.6 Å². The van der Waals surface area contributed by atoms with Crippen molar-refractivity contribution in [2.24, 2.45) is 0 Å². The minimum Gasteiger partial charge on any atom is -0.476 e. The molecule has 110 valence electrons. The number of benzene rings is 1. The third-order valence-electron chi connectivity index (χ3n) is 3.10. The maximum atomic E-state index is 11.9. The summed E-state index contributed by atoms with van der Waals surface area (Å²) in [6.45, 7) is 3.80. The van der Waals surface area contributed by atoms with Crippen LogP contribution in [0.4, 0.5) is 0 Å². The highest BCUT2D eigenvalue weighted by atomic mass is 16.4. The van der Waals surface area contributed by atoms with Gasteiger partial charge in [-0.1, -0.05) is 29.5 Å². The molecule has 0 aliphatic heterocycles. The van der Waals surface area contributed by atoms with Crippen LogP contribution in [0.1, 0.15) is 34.6 Å². The van der Waals surface area contributed by atoms with E-state index in [-0.39, 0.29) is 24.2 Å². The summed E-state index contributed by atoms with van der Waals surface area (Å²) >= 11 is 0. The van der Waals surface area contributed by atoms with Gasteiger partial charge in [-0.25, -0.2) is 9.48 Å². The quantitative estimate of drug-likeness (QED) is 0.860. The topological polar surface area (TPSA) is 97.1 Å². The van der Waals surface area contributed by atoms with Gasteiger partial charge in [0.15, 0.2) is 5.69 Å². The minimum atomic E-state index is -1.17. The first kappa shape index (κ1) is 14.7. The fourth-order valence-electron chi connectivity index (χ4n) is 2.06. The van der Waals surface area contributed by atoms with Gasteiger partial charge in [0.1, 0.15) is 6.54 Å². The van der Waals surface area contributed by atoms with Crippen molar-refractivity contribution in [3.8, 4) is 0 Å². The average molecular weight is 288 g/mol. The van der Waals surface area contributed by atoms with Crippen molar-refractivity contribution in [3.05, 3.63) is 47.3 Å². The van der Waals surface area contributed by atoms with Crippen molar-refractivity contribution in [1.82, 2.24) is 20.3 Å². The van der Waals surface area contributed by atoms with Gasteiger partial charge in [0, 0.05) is 0 Å². The molecular weight excluding hydrogens is 272 g/mol. The number of aromatic carboxylic acids is 1. The van der Waals surface area contributed by atoms with Crippen LogP contribution in [-0.4, -0.2) is 32.0 Å². The highest BCUT2D eigenvalue weighted by Crippen LogP contribution is 2.16. The van der Waals surface area contributed by atoms with Crippen LogP contribution in [0.3, 0.4) is 0 Å². The Morgan fingerprint density at radius 2 is 2.10 bits per heavy atom. The standard InChI is InChI=1S/C14H16N4O3/c1-9-5-3-4-6-11(9)10(2)15-13(19)8-18-7-12(14(20)21)16-17-18/h3-7,10H,8H2,1-2H3,(H,15,19)(H,20,21). The number of aromatic nitrogens is 3. The number of nitrogens with one attached hydrogen (secondary N) is 1. The molecule has 2 aromatic rings. The molecule has 1 heterocycles. The number of hydrogen-bond donors (Lipinski definition) is 2. The Kier molecular flexibility index (Phi) is 4.32. The highest BCUT2D eigenvalue weighted by molar-refractivity contribution is 5.84. The van der Waals surface area contributed by atoms with E-state index >= 15 is 0 Å². The SMILES string of the molecule is Cc1ccccc1C(C)NC(=O)Cn1cc(C(=O)O)nn1. The molecule has 0 aliphatic rings. The van der Waals surface area contributed by atoms with Gasteiger partial charge in [0.05, 0.1) is 12.2 Å². The number of nitrogens with zero attached hydrogens (tertiary/aromatic N) is 3. The molecule has 7 nitrogen and oxygen atoms in total. The lowest BCUT2D eigenvalue weighted by Gasteiger charge is -2.16. The van der Waals surface area contributed by atoms with Crippen molar-refractivity contribution < 1.29 is 14.7 Å². The zero-order valence-corrected chi connectivity index (χ0v) is 11.8. The predicted octanol–water partition coefficient (Wildman–Crippen LogP) is 1.16. The van der Waals surface area contributed by atoms with Crippen molar-refractivity contribution in [2.75, 3.05) is 0 Å². The molecule has 2 N–H and O–H groups in total. The van der Waals surface area contributed by atoms with Gasteiger partial charge in [-0.05, 0) is 25.0 Å². The van der Waals surface area contributed by atoms with Crippen LogP contribution in [-0.2, 0) is 11.3 Å². The summed E-state index contributed by atoms with van der Waals surface area (Å²) in [5.41, 5.74) is 1.95. The van der Waals surface area contributed by atoms with Crippen LogP contribution in [0.15, 0.2) is 30.5 Å². The van der Waals surface area contributed by atoms with Gasteiger partial charge in [0.25, 0.3) is 0 Å². The molecule has 0 saturated heterocycles. The third kappa shape index (κ3) is 3.65. The molecule has 0 aliphatic carbocycles. The summed E-state index contributed by atoms with van der Waals surface area (Å²) in [7, 11) is 0. The maximum absolute atomic E-state index is 11.9. The van der Waals surface area contributed by atoms with E-state index in [4.69, 9.17) is 5.11 Å². The second-order valence-corrected chi connectivity index (χ2v) is 4.75. The number of aryl methyl sites for hydroxylation is 1. The van der Waals surface area contributed by atoms with Crippen molar-refractivity contribution >= 4 is 11.9 Å². The molecule has 0 saturated carbocycles. The summed E-state index contributed by atoms with van der Waals surface area (Å²) in [4.78, 5) is 22.6. The predicted molar refractivity (Wildman–Crippen MR) is 74.7 cm³/mol. The largest absolute Gasteiger partial charge is 0.476 e. The number of amides is 1. The van der Waals surface area contributed by atoms with Gasteiger partial charge in [-0.3, -0.25) is 4.79 Å². The Morgan fingerprint density at radius 3 is 2.71 bits per heavy atom. The Morgan fingerprint density at radius 1 is 1.38 bits per heavy atom. The number of carbonyl (C=O) groups is 2. The Balaban J connectivity index is 1.98. The first-order valence-electron chi connectivity index (χ1n) is 6.45. The van der Waals surface area contributed by atoms with E-state index in [0.29, 0.717) is 0 Å². The van der Waals surface area contributed by atoms with Crippen LogP contribution in [0, 0.1) is 6.92 Å². The van der Waals surface area contributed by atoms with Crippen molar-refractivity contribution in [2.45, 2.75) is 26.4 Å². The normalized spacial score (nSPS) is 11.9. The Bertz CT molecular complexity index is 666. The smallest absolute Gasteiger partial charge is 0.358 e. The summed E-state index contributed by atoms with van der Waals surface area (Å²) in [5.74, 6) is -1.43. The Hall–Kier alpha value is -2.70. The monoisotopic (exact) mass is 288 g/mol. The lowest BCUT2D eigenvalue weighted by atomic mass is 10.0. The maximum Gasteiger partial charge on any atom is 0.358 e. The van der Waals surface area contributed by atoms with E-state index in [9.17, 15) is 9.59 Å². The number of carbonyl (C=O) groups excluding carboxylic acids is 1. The molecular formula is C14H16N4O3. The van der Waals surface area contributed by atoms with E-state index in [1.54, 1.807) is 0 Å². The number of hydrogen-bond acceptors (Lipinski definition) is 4. The second-order valence-electron chi connectivity index (χ2n) is 4.75. The highest BCUT2D eigenvalue weighted by Gasteiger charge is 2.14. The van der Waals surface area contributed by atoms with Crippen LogP contribution >= 0.6 is 0 Å². The van der Waals surface area contributed by atoms with E-state index < -0.39 is 5.97 Å². The van der Waals surface area contributed by atoms with E-state index in [1.165, 1.54) is 10.9 Å². The molecule has 2 rings (SSSR count). The second kappa shape index (κ2) is 6.17. The summed E-state index contributed by atoms with van der Waals surface area (Å²) in [5, 5.41) is 18.6. The zero-order valence-electron chi connectivity index (χ0n) is 11.8. The van der Waals surface area contributed by atoms with Gasteiger partial charge in [0.2, 0.25) is 5.91 Å². The zero-order chi connectivity index (χ0) is 15.4. The summed E-state index contributed by atoms with van der Waals surface area (Å²) in [6, 6.07) is 7.66. The van der Waals surface area contributed by atoms with Crippen molar-refractivity contribution in [3.63, 3.8) is 0 Å². The summed E-state index contributed by atoms with van der Waals surface area (Å²) < 4.78 is 1.20. The van der Waals surface area contributed by atoms with Crippen molar-refractivity contribution in [1.29, 1.82) is 0 Å². The minimum absolute atomic E-state index is 0.0729. The number of carboxylic acids is 1. The molecule has 1 aromatic heterocycles.